The van der Waals surface area contributed by atoms with E-state index in [-0.39, 0.29) is 0 Å². The molecule has 0 saturated heterocycles. The van der Waals surface area contributed by atoms with E-state index in [4.69, 9.17) is 5.11 Å². The number of hydrogen-bond donors (Lipinski definition) is 2. The first-order valence-corrected chi connectivity index (χ1v) is 6.27. The third-order valence-corrected chi connectivity index (χ3v) is 3.12. The van der Waals surface area contributed by atoms with Crippen LogP contribution in [0.1, 0.15) is 24.0 Å². The molecule has 19 heavy (non-hydrogen) atoms. The molecule has 1 atom stereocenters. The topological polar surface area (TPSA) is 49.3 Å². The summed E-state index contributed by atoms with van der Waals surface area (Å²) in [6.07, 6.45) is 0. The Balaban J connectivity index is 1.97. The summed E-state index contributed by atoms with van der Waals surface area (Å²) in [5.41, 5.74) is 3.02. The minimum absolute atomic E-state index is 0.469. The second-order valence-corrected chi connectivity index (χ2v) is 4.52. The summed E-state index contributed by atoms with van der Waals surface area (Å²) in [5, 5.41) is 12.3. The van der Waals surface area contributed by atoms with Gasteiger partial charge in [0.2, 0.25) is 0 Å². The third-order valence-electron chi connectivity index (χ3n) is 3.12. The van der Waals surface area contributed by atoms with Gasteiger partial charge in [0.05, 0.1) is 5.92 Å². The van der Waals surface area contributed by atoms with E-state index in [2.05, 4.69) is 17.4 Å². The van der Waals surface area contributed by atoms with Crippen molar-refractivity contribution < 1.29 is 9.90 Å². The molecule has 2 rings (SSSR count). The van der Waals surface area contributed by atoms with Crippen LogP contribution in [0.4, 0.5) is 5.69 Å². The summed E-state index contributed by atoms with van der Waals surface area (Å²) in [5.74, 6) is -1.27. The average Bonchev–Trinajstić information content (AvgIpc) is 2.46. The van der Waals surface area contributed by atoms with E-state index < -0.39 is 11.9 Å². The van der Waals surface area contributed by atoms with Crippen LogP contribution in [-0.4, -0.2) is 11.1 Å². The van der Waals surface area contributed by atoms with Crippen LogP contribution < -0.4 is 5.32 Å². The number of carboxylic acid groups (broad SMARTS) is 1. The van der Waals surface area contributed by atoms with Crippen molar-refractivity contribution >= 4 is 11.7 Å². The second-order valence-electron chi connectivity index (χ2n) is 4.52. The van der Waals surface area contributed by atoms with E-state index in [1.165, 1.54) is 5.56 Å². The van der Waals surface area contributed by atoms with Gasteiger partial charge in [0.15, 0.2) is 0 Å². The Bertz CT molecular complexity index is 534. The fourth-order valence-corrected chi connectivity index (χ4v) is 1.83. The predicted octanol–water partition coefficient (Wildman–Crippen LogP) is 3.49. The van der Waals surface area contributed by atoms with Crippen molar-refractivity contribution in [2.75, 3.05) is 5.32 Å². The third kappa shape index (κ3) is 3.58. The summed E-state index contributed by atoms with van der Waals surface area (Å²) in [7, 11) is 0. The van der Waals surface area contributed by atoms with Crippen molar-refractivity contribution in [1.82, 2.24) is 0 Å². The molecule has 0 heterocycles. The highest BCUT2D eigenvalue weighted by Crippen LogP contribution is 2.18. The standard InChI is InChI=1S/C16H17NO2/c1-12(16(18)19)14-7-9-15(10-8-14)17-11-13-5-3-2-4-6-13/h2-10,12,17H,11H2,1H3,(H,18,19). The first-order chi connectivity index (χ1) is 9.16. The molecule has 0 radical (unpaired) electrons. The molecule has 0 bridgehead atoms. The van der Waals surface area contributed by atoms with E-state index in [0.29, 0.717) is 0 Å². The van der Waals surface area contributed by atoms with Crippen LogP contribution in [0.3, 0.4) is 0 Å². The van der Waals surface area contributed by atoms with Crippen LogP contribution in [0.5, 0.6) is 0 Å². The quantitative estimate of drug-likeness (QED) is 0.859. The van der Waals surface area contributed by atoms with Crippen LogP contribution in [-0.2, 0) is 11.3 Å². The lowest BCUT2D eigenvalue weighted by atomic mass is 10.0. The predicted molar refractivity (Wildman–Crippen MR) is 76.3 cm³/mol. The van der Waals surface area contributed by atoms with Crippen LogP contribution >= 0.6 is 0 Å². The zero-order valence-corrected chi connectivity index (χ0v) is 10.8. The maximum absolute atomic E-state index is 10.9. The Morgan fingerprint density at radius 1 is 1.11 bits per heavy atom. The number of carbonyl (C=O) groups is 1. The van der Waals surface area contributed by atoms with E-state index in [9.17, 15) is 4.79 Å². The van der Waals surface area contributed by atoms with Gasteiger partial charge in [-0.15, -0.1) is 0 Å². The summed E-state index contributed by atoms with van der Waals surface area (Å²) in [6.45, 7) is 2.45. The Labute approximate surface area is 112 Å². The number of carboxylic acids is 1. The summed E-state index contributed by atoms with van der Waals surface area (Å²) in [6, 6.07) is 17.7. The number of aliphatic carboxylic acids is 1. The summed E-state index contributed by atoms with van der Waals surface area (Å²) >= 11 is 0. The SMILES string of the molecule is CC(C(=O)O)c1ccc(NCc2ccccc2)cc1. The molecule has 0 amide bonds. The van der Waals surface area contributed by atoms with E-state index >= 15 is 0 Å². The molecule has 2 N–H and O–H groups in total. The van der Waals surface area contributed by atoms with Gasteiger partial charge in [0, 0.05) is 12.2 Å². The molecule has 0 aliphatic rings. The van der Waals surface area contributed by atoms with Gasteiger partial charge in [0.1, 0.15) is 0 Å². The smallest absolute Gasteiger partial charge is 0.310 e. The maximum Gasteiger partial charge on any atom is 0.310 e. The van der Waals surface area contributed by atoms with E-state index in [1.54, 1.807) is 6.92 Å². The van der Waals surface area contributed by atoms with Crippen molar-refractivity contribution in [3.8, 4) is 0 Å². The molecule has 0 aliphatic heterocycles. The minimum Gasteiger partial charge on any atom is -0.481 e. The van der Waals surface area contributed by atoms with E-state index in [1.807, 2.05) is 42.5 Å². The van der Waals surface area contributed by atoms with Crippen molar-refractivity contribution in [1.29, 1.82) is 0 Å². The number of benzene rings is 2. The average molecular weight is 255 g/mol. The van der Waals surface area contributed by atoms with Crippen LogP contribution in [0.15, 0.2) is 54.6 Å². The molecule has 1 unspecified atom stereocenters. The van der Waals surface area contributed by atoms with Crippen molar-refractivity contribution in [3.63, 3.8) is 0 Å². The highest BCUT2D eigenvalue weighted by Gasteiger charge is 2.12. The molecule has 0 spiro atoms. The lowest BCUT2D eigenvalue weighted by Gasteiger charge is -2.09. The number of anilines is 1. The minimum atomic E-state index is -0.801. The molecule has 98 valence electrons. The molecular weight excluding hydrogens is 238 g/mol. The Morgan fingerprint density at radius 3 is 2.32 bits per heavy atom. The Hall–Kier alpha value is -2.29. The largest absolute Gasteiger partial charge is 0.481 e. The van der Waals surface area contributed by atoms with Gasteiger partial charge < -0.3 is 10.4 Å². The highest BCUT2D eigenvalue weighted by molar-refractivity contribution is 5.75. The first-order valence-electron chi connectivity index (χ1n) is 6.27. The van der Waals surface area contributed by atoms with Crippen molar-refractivity contribution in [2.45, 2.75) is 19.4 Å². The summed E-state index contributed by atoms with van der Waals surface area (Å²) in [4.78, 5) is 10.9. The molecule has 3 nitrogen and oxygen atoms in total. The number of rotatable bonds is 5. The fourth-order valence-electron chi connectivity index (χ4n) is 1.83. The lowest BCUT2D eigenvalue weighted by Crippen LogP contribution is -2.07. The number of nitrogens with one attached hydrogen (secondary N) is 1. The monoisotopic (exact) mass is 255 g/mol. The normalized spacial score (nSPS) is 11.8. The second kappa shape index (κ2) is 6.05. The van der Waals surface area contributed by atoms with Crippen molar-refractivity contribution in [2.24, 2.45) is 0 Å². The molecule has 3 heteroatoms. The van der Waals surface area contributed by atoms with Crippen LogP contribution in [0.25, 0.3) is 0 Å². The van der Waals surface area contributed by atoms with Gasteiger partial charge >= 0.3 is 5.97 Å². The molecular formula is C16H17NO2. The molecule has 2 aromatic carbocycles. The van der Waals surface area contributed by atoms with Gasteiger partial charge in [-0.2, -0.15) is 0 Å². The van der Waals surface area contributed by atoms with Crippen LogP contribution in [0.2, 0.25) is 0 Å². The lowest BCUT2D eigenvalue weighted by molar-refractivity contribution is -0.138. The van der Waals surface area contributed by atoms with Gasteiger partial charge in [-0.25, -0.2) is 0 Å². The molecule has 0 fully saturated rings. The van der Waals surface area contributed by atoms with E-state index in [0.717, 1.165) is 17.8 Å². The highest BCUT2D eigenvalue weighted by atomic mass is 16.4. The zero-order valence-electron chi connectivity index (χ0n) is 10.8. The van der Waals surface area contributed by atoms with Crippen molar-refractivity contribution in [3.05, 3.63) is 65.7 Å². The Morgan fingerprint density at radius 2 is 1.74 bits per heavy atom. The maximum atomic E-state index is 10.9. The van der Waals surface area contributed by atoms with Gasteiger partial charge in [0.25, 0.3) is 0 Å². The fraction of sp³-hybridized carbons (Fsp3) is 0.188. The van der Waals surface area contributed by atoms with Gasteiger partial charge in [-0.3, -0.25) is 4.79 Å². The molecule has 0 aliphatic carbocycles. The molecule has 2 aromatic rings. The molecule has 0 aromatic heterocycles. The first kappa shape index (κ1) is 13.1. The molecule has 0 saturated carbocycles. The summed E-state index contributed by atoms with van der Waals surface area (Å²) < 4.78 is 0. The van der Waals surface area contributed by atoms with Gasteiger partial charge in [-0.05, 0) is 30.2 Å². The van der Waals surface area contributed by atoms with Gasteiger partial charge in [-0.1, -0.05) is 42.5 Å². The zero-order chi connectivity index (χ0) is 13.7. The number of hydrogen-bond acceptors (Lipinski definition) is 2. The Kier molecular flexibility index (Phi) is 4.18. The van der Waals surface area contributed by atoms with Crippen LogP contribution in [0, 0.1) is 0 Å².